The molecule has 12 heteroatoms. The minimum Gasteiger partial charge on any atom is -0.495 e. The van der Waals surface area contributed by atoms with Crippen molar-refractivity contribution in [2.45, 2.75) is 44.6 Å². The Hall–Kier alpha value is -4.32. The number of benzene rings is 2. The summed E-state index contributed by atoms with van der Waals surface area (Å²) in [6, 6.07) is 13.2. The number of piperidine rings is 1. The summed E-state index contributed by atoms with van der Waals surface area (Å²) < 4.78 is 58.6. The number of ether oxygens (including phenoxy) is 2. The molecule has 2 aliphatic heterocycles. The van der Waals surface area contributed by atoms with Gasteiger partial charge in [-0.25, -0.2) is 4.99 Å². The monoisotopic (exact) mass is 611 g/mol. The first-order valence-corrected chi connectivity index (χ1v) is 14.6. The number of hydrogen-bond acceptors (Lipinski definition) is 9. The number of nitrogens with zero attached hydrogens (tertiary/aromatic N) is 4. The van der Waals surface area contributed by atoms with Crippen molar-refractivity contribution in [1.29, 1.82) is 0 Å². The SMILES string of the molecule is COc1cc(C(=O)CCCC2CCN(C)CC2)ccc1NC1N=CC(C(F)(F)F)=C(Oc2ccccc2-c2ccon2)N1C. The van der Waals surface area contributed by atoms with Crippen LogP contribution in [-0.2, 0) is 0 Å². The molecule has 1 fully saturated rings. The van der Waals surface area contributed by atoms with E-state index in [0.29, 0.717) is 40.6 Å². The average Bonchev–Trinajstić information content (AvgIpc) is 3.55. The van der Waals surface area contributed by atoms with Gasteiger partial charge < -0.3 is 29.1 Å². The van der Waals surface area contributed by atoms with Crippen LogP contribution in [0.2, 0.25) is 0 Å². The minimum absolute atomic E-state index is 0.0230. The van der Waals surface area contributed by atoms with Crippen LogP contribution in [0.3, 0.4) is 0 Å². The Morgan fingerprint density at radius 2 is 1.86 bits per heavy atom. The molecule has 1 aromatic heterocycles. The second-order valence-electron chi connectivity index (χ2n) is 11.1. The Bertz CT molecular complexity index is 1500. The first-order valence-electron chi connectivity index (χ1n) is 14.6. The number of aromatic nitrogens is 1. The van der Waals surface area contributed by atoms with Crippen LogP contribution in [-0.4, -0.2) is 73.7 Å². The molecule has 3 heterocycles. The molecule has 5 rings (SSSR count). The molecule has 1 unspecified atom stereocenters. The highest BCUT2D eigenvalue weighted by molar-refractivity contribution is 5.97. The van der Waals surface area contributed by atoms with Crippen molar-refractivity contribution >= 4 is 17.7 Å². The van der Waals surface area contributed by atoms with Crippen LogP contribution in [0.5, 0.6) is 11.5 Å². The fourth-order valence-corrected chi connectivity index (χ4v) is 5.45. The molecule has 234 valence electrons. The first-order chi connectivity index (χ1) is 21.1. The number of rotatable bonds is 11. The van der Waals surface area contributed by atoms with Crippen LogP contribution in [0, 0.1) is 5.92 Å². The number of aliphatic imine (C=N–C) groups is 1. The molecule has 1 atom stereocenters. The number of carbonyl (C=O) groups is 1. The topological polar surface area (TPSA) is 92.4 Å². The summed E-state index contributed by atoms with van der Waals surface area (Å²) >= 11 is 0. The van der Waals surface area contributed by atoms with Gasteiger partial charge in [0.1, 0.15) is 29.0 Å². The maximum Gasteiger partial charge on any atom is 0.423 e. The molecule has 0 amide bonds. The van der Waals surface area contributed by atoms with Gasteiger partial charge in [0.15, 0.2) is 12.1 Å². The van der Waals surface area contributed by atoms with E-state index in [1.165, 1.54) is 25.3 Å². The number of carbonyl (C=O) groups excluding carboxylic acids is 1. The number of ketones is 1. The van der Waals surface area contributed by atoms with Crippen LogP contribution < -0.4 is 14.8 Å². The lowest BCUT2D eigenvalue weighted by molar-refractivity contribution is -0.0907. The summed E-state index contributed by atoms with van der Waals surface area (Å²) in [5, 5.41) is 7.01. The summed E-state index contributed by atoms with van der Waals surface area (Å²) in [6.45, 7) is 2.20. The zero-order valence-corrected chi connectivity index (χ0v) is 24.9. The Labute approximate surface area is 254 Å². The lowest BCUT2D eigenvalue weighted by atomic mass is 9.91. The van der Waals surface area contributed by atoms with Crippen LogP contribution in [0.25, 0.3) is 11.3 Å². The van der Waals surface area contributed by atoms with Crippen LogP contribution in [0.4, 0.5) is 18.9 Å². The lowest BCUT2D eigenvalue weighted by Gasteiger charge is -2.34. The van der Waals surface area contributed by atoms with Crippen molar-refractivity contribution in [1.82, 2.24) is 15.0 Å². The van der Waals surface area contributed by atoms with E-state index < -0.39 is 23.9 Å². The van der Waals surface area contributed by atoms with Gasteiger partial charge in [0.25, 0.3) is 0 Å². The predicted molar refractivity (Wildman–Crippen MR) is 161 cm³/mol. The third kappa shape index (κ3) is 7.24. The third-order valence-electron chi connectivity index (χ3n) is 8.04. The molecule has 9 nitrogen and oxygen atoms in total. The molecule has 0 aliphatic carbocycles. The normalized spacial score (nSPS) is 18.0. The molecular weight excluding hydrogens is 575 g/mol. The fourth-order valence-electron chi connectivity index (χ4n) is 5.45. The van der Waals surface area contributed by atoms with E-state index >= 15 is 0 Å². The molecule has 0 spiro atoms. The van der Waals surface area contributed by atoms with Gasteiger partial charge in [0, 0.05) is 36.9 Å². The van der Waals surface area contributed by atoms with E-state index in [9.17, 15) is 18.0 Å². The van der Waals surface area contributed by atoms with Gasteiger partial charge in [0.2, 0.25) is 5.88 Å². The van der Waals surface area contributed by atoms with E-state index in [0.717, 1.165) is 45.0 Å². The summed E-state index contributed by atoms with van der Waals surface area (Å²) in [5.41, 5.74) is 0.814. The number of allylic oxidation sites excluding steroid dienone is 1. The highest BCUT2D eigenvalue weighted by Gasteiger charge is 2.41. The van der Waals surface area contributed by atoms with Crippen LogP contribution in [0.15, 0.2) is 75.8 Å². The Balaban J connectivity index is 1.30. The van der Waals surface area contributed by atoms with Gasteiger partial charge >= 0.3 is 6.18 Å². The molecular formula is C32H36F3N5O4. The van der Waals surface area contributed by atoms with Gasteiger partial charge in [-0.1, -0.05) is 17.3 Å². The van der Waals surface area contributed by atoms with E-state index in [-0.39, 0.29) is 11.5 Å². The van der Waals surface area contributed by atoms with Crippen LogP contribution >= 0.6 is 0 Å². The zero-order valence-electron chi connectivity index (χ0n) is 24.9. The number of likely N-dealkylation sites (tertiary alicyclic amines) is 1. The molecule has 2 aliphatic rings. The second kappa shape index (κ2) is 13.5. The van der Waals surface area contributed by atoms with E-state index in [1.807, 2.05) is 0 Å². The molecule has 0 radical (unpaired) electrons. The predicted octanol–water partition coefficient (Wildman–Crippen LogP) is 6.61. The van der Waals surface area contributed by atoms with Gasteiger partial charge in [-0.15, -0.1) is 0 Å². The van der Waals surface area contributed by atoms with Crippen molar-refractivity contribution in [3.8, 4) is 22.8 Å². The third-order valence-corrected chi connectivity index (χ3v) is 8.04. The maximum atomic E-state index is 14.1. The lowest BCUT2D eigenvalue weighted by Crippen LogP contribution is -2.43. The van der Waals surface area contributed by atoms with Crippen molar-refractivity contribution < 1.29 is 32.0 Å². The largest absolute Gasteiger partial charge is 0.495 e. The maximum absolute atomic E-state index is 14.1. The van der Waals surface area contributed by atoms with Gasteiger partial charge in [0.05, 0.1) is 12.8 Å². The number of Topliss-reactive ketones (excluding diaryl/α,β-unsaturated/α-hetero) is 1. The summed E-state index contributed by atoms with van der Waals surface area (Å²) in [5.74, 6) is 0.769. The zero-order chi connectivity index (χ0) is 31.3. The fraction of sp³-hybridized carbons (Fsp3) is 0.406. The first kappa shape index (κ1) is 31.1. The van der Waals surface area contributed by atoms with E-state index in [4.69, 9.17) is 14.0 Å². The van der Waals surface area contributed by atoms with Gasteiger partial charge in [-0.3, -0.25) is 4.79 Å². The van der Waals surface area contributed by atoms with Gasteiger partial charge in [-0.2, -0.15) is 13.2 Å². The van der Waals surface area contributed by atoms with Crippen LogP contribution in [0.1, 0.15) is 42.5 Å². The number of anilines is 1. The number of nitrogens with one attached hydrogen (secondary N) is 1. The average molecular weight is 612 g/mol. The standard InChI is InChI=1S/C32H36F3N5O4/c1-39-16-13-21(14-17-39)7-6-9-27(41)22-11-12-26(29(19-22)42-3)37-31-36-20-24(32(33,34)35)30(40(31)2)44-28-10-5-4-8-23(28)25-15-18-43-38-25/h4-5,8,10-12,15,18-21,31,37H,6-7,9,13-14,16-17H2,1-3H3. The van der Waals surface area contributed by atoms with Crippen molar-refractivity contribution in [3.05, 3.63) is 71.8 Å². The molecule has 1 saturated heterocycles. The highest BCUT2D eigenvalue weighted by Crippen LogP contribution is 2.37. The highest BCUT2D eigenvalue weighted by atomic mass is 19.4. The molecule has 44 heavy (non-hydrogen) atoms. The summed E-state index contributed by atoms with van der Waals surface area (Å²) in [6.07, 6.45) is 1.05. The smallest absolute Gasteiger partial charge is 0.423 e. The number of halogens is 3. The molecule has 1 N–H and O–H groups in total. The van der Waals surface area contributed by atoms with Gasteiger partial charge in [-0.05, 0) is 82.1 Å². The summed E-state index contributed by atoms with van der Waals surface area (Å²) in [7, 11) is 5.05. The molecule has 3 aromatic rings. The Morgan fingerprint density at radius 1 is 1.09 bits per heavy atom. The second-order valence-corrected chi connectivity index (χ2v) is 11.1. The van der Waals surface area contributed by atoms with Crippen molar-refractivity contribution in [2.24, 2.45) is 10.9 Å². The Kier molecular flexibility index (Phi) is 9.58. The minimum atomic E-state index is -4.73. The molecule has 0 saturated carbocycles. The Morgan fingerprint density at radius 3 is 2.57 bits per heavy atom. The van der Waals surface area contributed by atoms with Crippen molar-refractivity contribution in [2.75, 3.05) is 39.6 Å². The number of para-hydroxylation sites is 1. The van der Waals surface area contributed by atoms with E-state index in [2.05, 4.69) is 27.4 Å². The molecule has 2 aromatic carbocycles. The number of methoxy groups -OCH3 is 1. The quantitative estimate of drug-likeness (QED) is 0.242. The van der Waals surface area contributed by atoms with Crippen molar-refractivity contribution in [3.63, 3.8) is 0 Å². The number of alkyl halides is 3. The van der Waals surface area contributed by atoms with E-state index in [1.54, 1.807) is 48.5 Å². The summed E-state index contributed by atoms with van der Waals surface area (Å²) in [4.78, 5) is 20.7. The number of hydrogen-bond donors (Lipinski definition) is 1. The molecule has 0 bridgehead atoms.